The van der Waals surface area contributed by atoms with Gasteiger partial charge in [0.2, 0.25) is 11.8 Å². The van der Waals surface area contributed by atoms with Crippen LogP contribution in [-0.4, -0.2) is 35.3 Å². The van der Waals surface area contributed by atoms with Crippen LogP contribution in [0.5, 0.6) is 0 Å². The molecule has 2 rings (SSSR count). The molecule has 4 nitrogen and oxygen atoms in total. The number of amides is 2. The number of hydrogen-bond acceptors (Lipinski definition) is 4. The molecule has 0 fully saturated rings. The Kier molecular flexibility index (Phi) is 7.08. The fourth-order valence-electron chi connectivity index (χ4n) is 1.83. The van der Waals surface area contributed by atoms with Crippen molar-refractivity contribution in [2.45, 2.75) is 6.54 Å². The predicted molar refractivity (Wildman–Crippen MR) is 98.2 cm³/mol. The molecule has 24 heavy (non-hydrogen) atoms. The molecule has 2 aromatic rings. The molecule has 0 radical (unpaired) electrons. The summed E-state index contributed by atoms with van der Waals surface area (Å²) in [4.78, 5) is 26.4. The van der Waals surface area contributed by atoms with E-state index in [1.165, 1.54) is 47.4 Å². The molecule has 0 spiro atoms. The molecule has 0 saturated heterocycles. The minimum absolute atomic E-state index is 0.0564. The molecule has 0 aliphatic heterocycles. The van der Waals surface area contributed by atoms with E-state index < -0.39 is 0 Å². The van der Waals surface area contributed by atoms with E-state index in [-0.39, 0.29) is 29.1 Å². The van der Waals surface area contributed by atoms with Gasteiger partial charge in [-0.3, -0.25) is 9.59 Å². The maximum atomic E-state index is 12.8. The monoisotopic (exact) mass is 386 g/mol. The molecule has 0 saturated carbocycles. The summed E-state index contributed by atoms with van der Waals surface area (Å²) in [5.41, 5.74) is 0.528. The van der Waals surface area contributed by atoms with Crippen LogP contribution in [0.2, 0.25) is 4.34 Å². The zero-order valence-electron chi connectivity index (χ0n) is 12.9. The summed E-state index contributed by atoms with van der Waals surface area (Å²) in [5.74, 6) is -0.275. The van der Waals surface area contributed by atoms with Crippen molar-refractivity contribution in [1.29, 1.82) is 0 Å². The number of carbonyl (C=O) groups is 2. The summed E-state index contributed by atoms with van der Waals surface area (Å²) < 4.78 is 13.5. The first-order valence-corrected chi connectivity index (χ1v) is 9.40. The Morgan fingerprint density at radius 1 is 1.21 bits per heavy atom. The number of hydrogen-bond donors (Lipinski definition) is 1. The van der Waals surface area contributed by atoms with Crippen molar-refractivity contribution in [3.63, 3.8) is 0 Å². The summed E-state index contributed by atoms with van der Waals surface area (Å²) in [5, 5.41) is 2.65. The molecular weight excluding hydrogens is 371 g/mol. The van der Waals surface area contributed by atoms with Gasteiger partial charge in [-0.15, -0.1) is 23.1 Å². The highest BCUT2D eigenvalue weighted by atomic mass is 35.5. The molecule has 0 aliphatic carbocycles. The van der Waals surface area contributed by atoms with Crippen LogP contribution in [-0.2, 0) is 16.1 Å². The molecule has 128 valence electrons. The summed E-state index contributed by atoms with van der Waals surface area (Å²) in [6.45, 7) is 0.499. The fourth-order valence-corrected chi connectivity index (χ4v) is 3.73. The maximum absolute atomic E-state index is 12.8. The Balaban J connectivity index is 1.69. The van der Waals surface area contributed by atoms with E-state index in [2.05, 4.69) is 5.32 Å². The number of thioether (sulfide) groups is 1. The Labute approximate surface area is 153 Å². The van der Waals surface area contributed by atoms with Gasteiger partial charge in [0.15, 0.2) is 0 Å². The van der Waals surface area contributed by atoms with E-state index in [1.807, 2.05) is 6.07 Å². The number of rotatable bonds is 7. The standard InChI is InChI=1S/C16H16ClFN2O2S2/c1-20(8-13-6-7-14(17)24-13)16(22)10-23-9-15(21)19-12-4-2-11(18)3-5-12/h2-7H,8-10H2,1H3,(H,19,21). The van der Waals surface area contributed by atoms with Crippen LogP contribution >= 0.6 is 34.7 Å². The fraction of sp³-hybridized carbons (Fsp3) is 0.250. The van der Waals surface area contributed by atoms with Crippen molar-refractivity contribution in [3.8, 4) is 0 Å². The number of anilines is 1. The van der Waals surface area contributed by atoms with Crippen molar-refractivity contribution in [1.82, 2.24) is 4.90 Å². The van der Waals surface area contributed by atoms with Gasteiger partial charge >= 0.3 is 0 Å². The van der Waals surface area contributed by atoms with Crippen molar-refractivity contribution < 1.29 is 14.0 Å². The third-order valence-electron chi connectivity index (χ3n) is 3.03. The number of carbonyl (C=O) groups excluding carboxylic acids is 2. The van der Waals surface area contributed by atoms with E-state index in [1.54, 1.807) is 18.0 Å². The first kappa shape index (κ1) is 18.8. The highest BCUT2D eigenvalue weighted by Crippen LogP contribution is 2.22. The van der Waals surface area contributed by atoms with Crippen molar-refractivity contribution in [2.24, 2.45) is 0 Å². The van der Waals surface area contributed by atoms with E-state index in [0.29, 0.717) is 16.6 Å². The summed E-state index contributed by atoms with van der Waals surface area (Å²) in [6.07, 6.45) is 0. The van der Waals surface area contributed by atoms with Gasteiger partial charge in [0.25, 0.3) is 0 Å². The van der Waals surface area contributed by atoms with Crippen LogP contribution in [0.4, 0.5) is 10.1 Å². The van der Waals surface area contributed by atoms with Crippen LogP contribution in [0.15, 0.2) is 36.4 Å². The molecule has 0 aliphatic rings. The molecular formula is C16H16ClFN2O2S2. The van der Waals surface area contributed by atoms with E-state index in [0.717, 1.165) is 4.88 Å². The van der Waals surface area contributed by atoms with Crippen LogP contribution in [0.1, 0.15) is 4.88 Å². The van der Waals surface area contributed by atoms with Gasteiger partial charge in [0.1, 0.15) is 5.82 Å². The quantitative estimate of drug-likeness (QED) is 0.785. The maximum Gasteiger partial charge on any atom is 0.234 e. The van der Waals surface area contributed by atoms with Gasteiger partial charge in [-0.05, 0) is 36.4 Å². The predicted octanol–water partition coefficient (Wildman–Crippen LogP) is 3.87. The lowest BCUT2D eigenvalue weighted by Crippen LogP contribution is -2.28. The largest absolute Gasteiger partial charge is 0.340 e. The molecule has 8 heteroatoms. The first-order valence-electron chi connectivity index (χ1n) is 7.05. The molecule has 0 bridgehead atoms. The molecule has 1 aromatic carbocycles. The topological polar surface area (TPSA) is 49.4 Å². The van der Waals surface area contributed by atoms with Crippen LogP contribution in [0, 0.1) is 5.82 Å². The van der Waals surface area contributed by atoms with Gasteiger partial charge in [-0.25, -0.2) is 4.39 Å². The number of thiophene rings is 1. The van der Waals surface area contributed by atoms with E-state index >= 15 is 0 Å². The number of nitrogens with one attached hydrogen (secondary N) is 1. The van der Waals surface area contributed by atoms with Crippen molar-refractivity contribution >= 4 is 52.2 Å². The minimum Gasteiger partial charge on any atom is -0.340 e. The van der Waals surface area contributed by atoms with Gasteiger partial charge in [0, 0.05) is 17.6 Å². The lowest BCUT2D eigenvalue weighted by molar-refractivity contribution is -0.127. The molecule has 1 aromatic heterocycles. The van der Waals surface area contributed by atoms with Crippen LogP contribution < -0.4 is 5.32 Å². The minimum atomic E-state index is -0.358. The average molecular weight is 387 g/mol. The highest BCUT2D eigenvalue weighted by molar-refractivity contribution is 8.00. The second kappa shape index (κ2) is 9.05. The SMILES string of the molecule is CN(Cc1ccc(Cl)s1)C(=O)CSCC(=O)Nc1ccc(F)cc1. The third kappa shape index (κ3) is 6.14. The van der Waals surface area contributed by atoms with Gasteiger partial charge < -0.3 is 10.2 Å². The van der Waals surface area contributed by atoms with E-state index in [4.69, 9.17) is 11.6 Å². The summed E-state index contributed by atoms with van der Waals surface area (Å²) >= 11 is 8.54. The number of nitrogens with zero attached hydrogens (tertiary/aromatic N) is 1. The average Bonchev–Trinajstić information content (AvgIpc) is 2.94. The molecule has 1 N–H and O–H groups in total. The lowest BCUT2D eigenvalue weighted by Gasteiger charge is -2.15. The second-order valence-electron chi connectivity index (χ2n) is 5.00. The van der Waals surface area contributed by atoms with Crippen molar-refractivity contribution in [3.05, 3.63) is 51.4 Å². The lowest BCUT2D eigenvalue weighted by atomic mass is 10.3. The van der Waals surface area contributed by atoms with Crippen LogP contribution in [0.3, 0.4) is 0 Å². The second-order valence-corrected chi connectivity index (χ2v) is 7.79. The third-order valence-corrected chi connectivity index (χ3v) is 5.17. The smallest absolute Gasteiger partial charge is 0.234 e. The Bertz CT molecular complexity index is 706. The Morgan fingerprint density at radius 2 is 1.92 bits per heavy atom. The number of halogens is 2. The molecule has 0 atom stereocenters. The van der Waals surface area contributed by atoms with E-state index in [9.17, 15) is 14.0 Å². The zero-order valence-corrected chi connectivity index (χ0v) is 15.3. The Hall–Kier alpha value is -1.57. The Morgan fingerprint density at radius 3 is 2.54 bits per heavy atom. The summed E-state index contributed by atoms with van der Waals surface area (Å²) in [7, 11) is 1.72. The first-order chi connectivity index (χ1) is 11.4. The van der Waals surface area contributed by atoms with Gasteiger partial charge in [-0.2, -0.15) is 0 Å². The van der Waals surface area contributed by atoms with Gasteiger partial charge in [-0.1, -0.05) is 11.6 Å². The molecule has 2 amide bonds. The molecule has 0 unspecified atom stereocenters. The van der Waals surface area contributed by atoms with Gasteiger partial charge in [0.05, 0.1) is 22.4 Å². The summed E-state index contributed by atoms with van der Waals surface area (Å²) in [6, 6.07) is 9.22. The zero-order chi connectivity index (χ0) is 17.5. The number of benzene rings is 1. The highest BCUT2D eigenvalue weighted by Gasteiger charge is 2.12. The van der Waals surface area contributed by atoms with Crippen LogP contribution in [0.25, 0.3) is 0 Å². The molecule has 1 heterocycles. The normalized spacial score (nSPS) is 10.5. The van der Waals surface area contributed by atoms with Crippen molar-refractivity contribution in [2.75, 3.05) is 23.9 Å².